The van der Waals surface area contributed by atoms with Crippen molar-refractivity contribution in [2.45, 2.75) is 37.7 Å². The van der Waals surface area contributed by atoms with Gasteiger partial charge in [0.05, 0.1) is 12.7 Å². The van der Waals surface area contributed by atoms with E-state index in [4.69, 9.17) is 10.8 Å². The van der Waals surface area contributed by atoms with E-state index in [2.05, 4.69) is 17.4 Å². The first-order valence-corrected chi connectivity index (χ1v) is 7.52. The number of rotatable bonds is 5. The monoisotopic (exact) mass is 292 g/mol. The van der Waals surface area contributed by atoms with Crippen LogP contribution in [0.4, 0.5) is 5.69 Å². The Balaban J connectivity index is 1.80. The summed E-state index contributed by atoms with van der Waals surface area (Å²) in [6, 6.07) is 7.98. The highest BCUT2D eigenvalue weighted by Gasteiger charge is 2.27. The Labute approximate surface area is 125 Å². The molecule has 2 rings (SSSR count). The normalized spacial score (nSPS) is 23.5. The number of aliphatic hydroxyl groups is 2. The lowest BCUT2D eigenvalue weighted by molar-refractivity contribution is -0.126. The first-order chi connectivity index (χ1) is 10.1. The average molecular weight is 292 g/mol. The number of nitrogens with two attached hydrogens (primary N) is 1. The van der Waals surface area contributed by atoms with Crippen molar-refractivity contribution >= 4 is 11.6 Å². The zero-order valence-corrected chi connectivity index (χ0v) is 12.2. The summed E-state index contributed by atoms with van der Waals surface area (Å²) in [5, 5.41) is 20.7. The Morgan fingerprint density at radius 1 is 1.24 bits per heavy atom. The Morgan fingerprint density at radius 2 is 1.86 bits per heavy atom. The number of anilines is 1. The molecule has 5 N–H and O–H groups in total. The topological polar surface area (TPSA) is 95.6 Å². The molecule has 0 aromatic heterocycles. The van der Waals surface area contributed by atoms with E-state index in [9.17, 15) is 9.90 Å². The zero-order chi connectivity index (χ0) is 15.2. The van der Waals surface area contributed by atoms with Gasteiger partial charge in [-0.1, -0.05) is 12.1 Å². The highest BCUT2D eigenvalue weighted by atomic mass is 16.3. The second kappa shape index (κ2) is 7.43. The second-order valence-electron chi connectivity index (χ2n) is 5.80. The summed E-state index contributed by atoms with van der Waals surface area (Å²) >= 11 is 0. The van der Waals surface area contributed by atoms with Crippen LogP contribution in [0.3, 0.4) is 0 Å². The smallest absolute Gasteiger partial charge is 0.223 e. The van der Waals surface area contributed by atoms with Crippen LogP contribution in [0.15, 0.2) is 24.3 Å². The quantitative estimate of drug-likeness (QED) is 0.609. The summed E-state index contributed by atoms with van der Waals surface area (Å²) in [6.45, 7) is -0.211. The maximum Gasteiger partial charge on any atom is 0.223 e. The van der Waals surface area contributed by atoms with Crippen LogP contribution in [0.25, 0.3) is 0 Å². The number of nitrogens with one attached hydrogen (secondary N) is 1. The fourth-order valence-electron chi connectivity index (χ4n) is 2.88. The van der Waals surface area contributed by atoms with Gasteiger partial charge >= 0.3 is 0 Å². The maximum atomic E-state index is 12.0. The van der Waals surface area contributed by atoms with Gasteiger partial charge in [-0.25, -0.2) is 0 Å². The van der Waals surface area contributed by atoms with E-state index in [0.29, 0.717) is 5.92 Å². The van der Waals surface area contributed by atoms with E-state index in [-0.39, 0.29) is 25.0 Å². The van der Waals surface area contributed by atoms with Crippen LogP contribution in [-0.4, -0.2) is 35.4 Å². The lowest BCUT2D eigenvalue weighted by Crippen LogP contribution is -2.38. The number of hydrogen-bond acceptors (Lipinski definition) is 4. The molecule has 0 bridgehead atoms. The molecule has 1 saturated carbocycles. The Bertz CT molecular complexity index is 453. The molecule has 0 spiro atoms. The third-order valence-electron chi connectivity index (χ3n) is 4.23. The van der Waals surface area contributed by atoms with Crippen LogP contribution < -0.4 is 11.1 Å². The summed E-state index contributed by atoms with van der Waals surface area (Å²) in [4.78, 5) is 12.0. The largest absolute Gasteiger partial charge is 0.399 e. The molecular weight excluding hydrogens is 268 g/mol. The summed E-state index contributed by atoms with van der Waals surface area (Å²) in [7, 11) is 0. The van der Waals surface area contributed by atoms with E-state index >= 15 is 0 Å². The van der Waals surface area contributed by atoms with Crippen molar-refractivity contribution in [3.63, 3.8) is 0 Å². The van der Waals surface area contributed by atoms with E-state index < -0.39 is 6.10 Å². The fourth-order valence-corrected chi connectivity index (χ4v) is 2.88. The molecule has 1 aliphatic rings. The lowest BCUT2D eigenvalue weighted by Gasteiger charge is -2.28. The fraction of sp³-hybridized carbons (Fsp3) is 0.562. The number of carbonyl (C=O) groups excluding carboxylic acids is 1. The van der Waals surface area contributed by atoms with Crippen molar-refractivity contribution in [3.05, 3.63) is 29.8 Å². The van der Waals surface area contributed by atoms with Gasteiger partial charge in [-0.05, 0) is 49.3 Å². The second-order valence-corrected chi connectivity index (χ2v) is 5.80. The minimum atomic E-state index is -0.875. The molecule has 1 amide bonds. The summed E-state index contributed by atoms with van der Waals surface area (Å²) in [5.74, 6) is 0.497. The van der Waals surface area contributed by atoms with Gasteiger partial charge in [0.1, 0.15) is 0 Å². The maximum absolute atomic E-state index is 12.0. The van der Waals surface area contributed by atoms with E-state index in [1.54, 1.807) is 0 Å². The first-order valence-electron chi connectivity index (χ1n) is 7.52. The van der Waals surface area contributed by atoms with Crippen molar-refractivity contribution in [2.24, 2.45) is 5.92 Å². The summed E-state index contributed by atoms with van der Waals surface area (Å²) in [6.07, 6.45) is 2.82. The minimum absolute atomic E-state index is 0.0147. The Morgan fingerprint density at radius 3 is 2.43 bits per heavy atom. The van der Waals surface area contributed by atoms with Crippen molar-refractivity contribution in [1.29, 1.82) is 0 Å². The van der Waals surface area contributed by atoms with Gasteiger partial charge in [0, 0.05) is 18.2 Å². The average Bonchev–Trinajstić information content (AvgIpc) is 2.53. The summed E-state index contributed by atoms with van der Waals surface area (Å²) in [5.41, 5.74) is 7.76. The predicted octanol–water partition coefficient (Wildman–Crippen LogP) is 1.01. The molecule has 1 unspecified atom stereocenters. The molecule has 0 heterocycles. The molecule has 21 heavy (non-hydrogen) atoms. The highest BCUT2D eigenvalue weighted by molar-refractivity contribution is 5.78. The molecule has 1 fully saturated rings. The van der Waals surface area contributed by atoms with Crippen LogP contribution in [0, 0.1) is 5.92 Å². The molecule has 1 atom stereocenters. The van der Waals surface area contributed by atoms with Gasteiger partial charge in [-0.2, -0.15) is 0 Å². The van der Waals surface area contributed by atoms with Crippen molar-refractivity contribution in [3.8, 4) is 0 Å². The van der Waals surface area contributed by atoms with Crippen LogP contribution in [-0.2, 0) is 4.79 Å². The number of carbonyl (C=O) groups is 1. The van der Waals surface area contributed by atoms with Crippen molar-refractivity contribution in [2.75, 3.05) is 18.9 Å². The molecule has 0 saturated heterocycles. The third kappa shape index (κ3) is 4.44. The van der Waals surface area contributed by atoms with Crippen LogP contribution in [0.1, 0.15) is 37.2 Å². The molecule has 1 aliphatic carbocycles. The van der Waals surface area contributed by atoms with Crippen LogP contribution in [0.5, 0.6) is 0 Å². The third-order valence-corrected chi connectivity index (χ3v) is 4.23. The minimum Gasteiger partial charge on any atom is -0.399 e. The first kappa shape index (κ1) is 15.8. The Kier molecular flexibility index (Phi) is 5.59. The van der Waals surface area contributed by atoms with E-state index in [1.807, 2.05) is 12.1 Å². The Hall–Kier alpha value is -1.59. The molecule has 0 radical (unpaired) electrons. The van der Waals surface area contributed by atoms with Crippen LogP contribution >= 0.6 is 0 Å². The molecule has 5 nitrogen and oxygen atoms in total. The standard InChI is InChI=1S/C16H24N2O3/c17-14-7-5-12(6-8-14)11-1-3-13(4-2-11)16(21)18-9-15(20)10-19/h5-8,11,13,15,19-20H,1-4,9-10,17H2,(H,18,21). The molecule has 116 valence electrons. The van der Waals surface area contributed by atoms with Gasteiger partial charge < -0.3 is 21.3 Å². The van der Waals surface area contributed by atoms with E-state index in [1.165, 1.54) is 5.56 Å². The molecular formula is C16H24N2O3. The lowest BCUT2D eigenvalue weighted by atomic mass is 9.78. The zero-order valence-electron chi connectivity index (χ0n) is 12.2. The van der Waals surface area contributed by atoms with Gasteiger partial charge in [0.25, 0.3) is 0 Å². The number of hydrogen-bond donors (Lipinski definition) is 4. The van der Waals surface area contributed by atoms with Gasteiger partial charge in [0.15, 0.2) is 0 Å². The van der Waals surface area contributed by atoms with Gasteiger partial charge in [-0.3, -0.25) is 4.79 Å². The highest BCUT2D eigenvalue weighted by Crippen LogP contribution is 2.36. The molecule has 1 aromatic carbocycles. The number of aliphatic hydroxyl groups excluding tert-OH is 2. The van der Waals surface area contributed by atoms with Gasteiger partial charge in [-0.15, -0.1) is 0 Å². The van der Waals surface area contributed by atoms with E-state index in [0.717, 1.165) is 31.4 Å². The molecule has 5 heteroatoms. The number of benzene rings is 1. The predicted molar refractivity (Wildman–Crippen MR) is 81.7 cm³/mol. The SMILES string of the molecule is Nc1ccc(C2CCC(C(=O)NCC(O)CO)CC2)cc1. The van der Waals surface area contributed by atoms with Crippen molar-refractivity contribution < 1.29 is 15.0 Å². The molecule has 1 aromatic rings. The van der Waals surface area contributed by atoms with Crippen molar-refractivity contribution in [1.82, 2.24) is 5.32 Å². The van der Waals surface area contributed by atoms with Crippen LogP contribution in [0.2, 0.25) is 0 Å². The summed E-state index contributed by atoms with van der Waals surface area (Å²) < 4.78 is 0. The molecule has 0 aliphatic heterocycles. The number of nitrogen functional groups attached to an aromatic ring is 1. The van der Waals surface area contributed by atoms with Gasteiger partial charge in [0.2, 0.25) is 5.91 Å². The number of amides is 1.